The minimum absolute atomic E-state index is 0.0289. The molecule has 0 spiro atoms. The van der Waals surface area contributed by atoms with Crippen LogP contribution in [0.3, 0.4) is 0 Å². The van der Waals surface area contributed by atoms with E-state index in [4.69, 9.17) is 4.74 Å². The Labute approximate surface area is 420 Å². The van der Waals surface area contributed by atoms with Crippen LogP contribution in [0.1, 0.15) is 258 Å². The van der Waals surface area contributed by atoms with E-state index >= 15 is 0 Å². The second-order valence-corrected chi connectivity index (χ2v) is 19.0. The van der Waals surface area contributed by atoms with Gasteiger partial charge in [0, 0.05) is 6.42 Å². The molecule has 0 aromatic heterocycles. The Hall–Kier alpha value is -3.22. The first-order valence-corrected chi connectivity index (χ1v) is 28.5. The summed E-state index contributed by atoms with van der Waals surface area (Å²) in [6.45, 7) is 6.24. The average Bonchev–Trinajstić information content (AvgIpc) is 3.33. The lowest BCUT2D eigenvalue weighted by molar-refractivity contribution is -0.151. The second kappa shape index (κ2) is 54.7. The summed E-state index contributed by atoms with van der Waals surface area (Å²) in [6, 6.07) is -0.729. The molecule has 0 saturated carbocycles. The molecule has 0 radical (unpaired) electrons. The maximum atomic E-state index is 13.3. The summed E-state index contributed by atoms with van der Waals surface area (Å²) in [5.74, 6) is -0.546. The van der Waals surface area contributed by atoms with Gasteiger partial charge in [-0.3, -0.25) is 9.59 Å². The minimum atomic E-state index is -0.811. The van der Waals surface area contributed by atoms with Gasteiger partial charge in [-0.05, 0) is 83.5 Å². The molecule has 0 bridgehead atoms. The van der Waals surface area contributed by atoms with Crippen molar-refractivity contribution in [1.82, 2.24) is 5.32 Å². The molecular weight excluding hydrogens is 839 g/mol. The summed E-state index contributed by atoms with van der Waals surface area (Å²) in [7, 11) is 0. The van der Waals surface area contributed by atoms with Gasteiger partial charge in [0.15, 0.2) is 0 Å². The first kappa shape index (κ1) is 64.8. The Bertz CT molecular complexity index is 1340. The first-order valence-electron chi connectivity index (χ1n) is 28.5. The zero-order valence-electron chi connectivity index (χ0n) is 44.5. The Kier molecular flexibility index (Phi) is 52.1. The number of allylic oxidation sites excluding steroid dienone is 16. The number of hydrogen-bond acceptors (Lipinski definition) is 5. The predicted molar refractivity (Wildman–Crippen MR) is 296 cm³/mol. The van der Waals surface area contributed by atoms with Gasteiger partial charge in [-0.15, -0.1) is 0 Å². The number of hydrogen-bond donors (Lipinski definition) is 3. The summed E-state index contributed by atoms with van der Waals surface area (Å²) in [5, 5.41) is 23.9. The maximum absolute atomic E-state index is 13.3. The molecule has 0 aliphatic carbocycles. The van der Waals surface area contributed by atoms with Crippen molar-refractivity contribution in [3.8, 4) is 0 Å². The van der Waals surface area contributed by atoms with Gasteiger partial charge < -0.3 is 20.3 Å². The van der Waals surface area contributed by atoms with Crippen LogP contribution in [0.5, 0.6) is 0 Å². The molecular formula is C62H107NO5. The van der Waals surface area contributed by atoms with Crippen LogP contribution in [0.15, 0.2) is 97.2 Å². The molecule has 0 aromatic carbocycles. The molecule has 0 rings (SSSR count). The van der Waals surface area contributed by atoms with Crippen LogP contribution in [-0.4, -0.2) is 46.9 Å². The van der Waals surface area contributed by atoms with Crippen LogP contribution >= 0.6 is 0 Å². The molecule has 3 unspecified atom stereocenters. The SMILES string of the molecule is CC/C=C\C/C=C\C/C=C\C/C=C\C/C=C\CCCC(CC(=O)NC(CO)C(O)CCCCCCCCCCCCCCCCCCC)OC(=O)CCCCCCCCC/C=C/C=C/C=C/CC. The van der Waals surface area contributed by atoms with Gasteiger partial charge in [0.1, 0.15) is 6.10 Å². The van der Waals surface area contributed by atoms with E-state index in [1.807, 2.05) is 0 Å². The van der Waals surface area contributed by atoms with E-state index in [2.05, 4.69) is 123 Å². The Morgan fingerprint density at radius 2 is 0.882 bits per heavy atom. The monoisotopic (exact) mass is 946 g/mol. The van der Waals surface area contributed by atoms with Gasteiger partial charge in [-0.25, -0.2) is 0 Å². The standard InChI is InChI=1S/C62H107NO5/c1-4-7-10-13-16-19-22-25-28-30-33-35-38-41-44-47-50-53-58(68-62(67)55-52-49-46-43-40-37-32-27-24-21-18-15-12-9-6-3)56-61(66)63-59(57-64)60(65)54-51-48-45-42-39-36-34-31-29-26-23-20-17-14-11-8-5-2/h7,9-10,12,15-16,18-19,21,24-25,28,33,35,41,44,58-60,64-65H,4-6,8,11,13-14,17,20,22-23,26-27,29-32,34,36-40,42-43,45-57H2,1-3H3,(H,63,66)/b10-7-,12-9+,18-15+,19-16-,24-21+,28-25-,35-33-,44-41-. The van der Waals surface area contributed by atoms with Crippen molar-refractivity contribution in [1.29, 1.82) is 0 Å². The van der Waals surface area contributed by atoms with Gasteiger partial charge in [-0.2, -0.15) is 0 Å². The lowest BCUT2D eigenvalue weighted by Crippen LogP contribution is -2.46. The predicted octanol–water partition coefficient (Wildman–Crippen LogP) is 17.7. The van der Waals surface area contributed by atoms with Crippen LogP contribution in [0, 0.1) is 0 Å². The van der Waals surface area contributed by atoms with Gasteiger partial charge in [0.25, 0.3) is 0 Å². The highest BCUT2D eigenvalue weighted by Gasteiger charge is 2.24. The summed E-state index contributed by atoms with van der Waals surface area (Å²) >= 11 is 0. The molecule has 3 atom stereocenters. The number of rotatable bonds is 50. The van der Waals surface area contributed by atoms with Crippen molar-refractivity contribution in [2.45, 2.75) is 277 Å². The Morgan fingerprint density at radius 1 is 0.456 bits per heavy atom. The third-order valence-electron chi connectivity index (χ3n) is 12.5. The fourth-order valence-corrected chi connectivity index (χ4v) is 8.23. The second-order valence-electron chi connectivity index (χ2n) is 19.0. The quantitative estimate of drug-likeness (QED) is 0.0244. The van der Waals surface area contributed by atoms with Crippen molar-refractivity contribution in [3.05, 3.63) is 97.2 Å². The van der Waals surface area contributed by atoms with Gasteiger partial charge in [-0.1, -0.05) is 259 Å². The molecule has 6 heteroatoms. The molecule has 390 valence electrons. The number of carbonyl (C=O) groups is 2. The largest absolute Gasteiger partial charge is 0.462 e. The average molecular weight is 947 g/mol. The molecule has 0 fully saturated rings. The smallest absolute Gasteiger partial charge is 0.306 e. The number of carbonyl (C=O) groups excluding carboxylic acids is 2. The van der Waals surface area contributed by atoms with Crippen molar-refractivity contribution in [3.63, 3.8) is 0 Å². The van der Waals surface area contributed by atoms with E-state index in [1.54, 1.807) is 0 Å². The van der Waals surface area contributed by atoms with E-state index in [0.717, 1.165) is 96.3 Å². The Balaban J connectivity index is 4.67. The highest BCUT2D eigenvalue weighted by Crippen LogP contribution is 2.17. The molecule has 0 aliphatic heterocycles. The number of nitrogens with one attached hydrogen (secondary N) is 1. The number of ether oxygens (including phenoxy) is 1. The summed E-state index contributed by atoms with van der Waals surface area (Å²) in [6.07, 6.45) is 73.3. The summed E-state index contributed by atoms with van der Waals surface area (Å²) < 4.78 is 5.92. The van der Waals surface area contributed by atoms with Crippen LogP contribution in [-0.2, 0) is 14.3 Å². The molecule has 6 nitrogen and oxygen atoms in total. The Morgan fingerprint density at radius 3 is 1.38 bits per heavy atom. The van der Waals surface area contributed by atoms with E-state index in [1.165, 1.54) is 116 Å². The van der Waals surface area contributed by atoms with Crippen molar-refractivity contribution in [2.24, 2.45) is 0 Å². The number of esters is 1. The number of unbranched alkanes of at least 4 members (excludes halogenated alkanes) is 24. The molecule has 3 N–H and O–H groups in total. The van der Waals surface area contributed by atoms with Gasteiger partial charge in [0.2, 0.25) is 5.91 Å². The normalized spacial score (nSPS) is 13.9. The lowest BCUT2D eigenvalue weighted by atomic mass is 10.0. The van der Waals surface area contributed by atoms with Crippen LogP contribution in [0.2, 0.25) is 0 Å². The zero-order valence-corrected chi connectivity index (χ0v) is 44.5. The fraction of sp³-hybridized carbons (Fsp3) is 0.710. The van der Waals surface area contributed by atoms with E-state index in [9.17, 15) is 19.8 Å². The molecule has 0 saturated heterocycles. The number of aliphatic hydroxyl groups excluding tert-OH is 2. The highest BCUT2D eigenvalue weighted by molar-refractivity contribution is 5.77. The van der Waals surface area contributed by atoms with E-state index < -0.39 is 18.2 Å². The zero-order chi connectivity index (χ0) is 49.5. The molecule has 0 heterocycles. The van der Waals surface area contributed by atoms with E-state index in [0.29, 0.717) is 19.3 Å². The van der Waals surface area contributed by atoms with Crippen LogP contribution < -0.4 is 5.32 Å². The summed E-state index contributed by atoms with van der Waals surface area (Å²) in [5.41, 5.74) is 0. The lowest BCUT2D eigenvalue weighted by Gasteiger charge is -2.24. The van der Waals surface area contributed by atoms with Gasteiger partial charge in [0.05, 0.1) is 25.2 Å². The van der Waals surface area contributed by atoms with Crippen LogP contribution in [0.4, 0.5) is 0 Å². The highest BCUT2D eigenvalue weighted by atomic mass is 16.5. The molecule has 0 aromatic rings. The van der Waals surface area contributed by atoms with Crippen molar-refractivity contribution in [2.75, 3.05) is 6.61 Å². The van der Waals surface area contributed by atoms with Gasteiger partial charge >= 0.3 is 5.97 Å². The third kappa shape index (κ3) is 49.2. The van der Waals surface area contributed by atoms with Crippen molar-refractivity contribution >= 4 is 11.9 Å². The number of amides is 1. The molecule has 68 heavy (non-hydrogen) atoms. The third-order valence-corrected chi connectivity index (χ3v) is 12.5. The van der Waals surface area contributed by atoms with Crippen LogP contribution in [0.25, 0.3) is 0 Å². The number of aliphatic hydroxyl groups is 2. The first-order chi connectivity index (χ1) is 33.5. The topological polar surface area (TPSA) is 95.9 Å². The fourth-order valence-electron chi connectivity index (χ4n) is 8.23. The maximum Gasteiger partial charge on any atom is 0.306 e. The molecule has 1 amide bonds. The van der Waals surface area contributed by atoms with Crippen molar-refractivity contribution < 1.29 is 24.5 Å². The molecule has 0 aliphatic rings. The summed E-state index contributed by atoms with van der Waals surface area (Å²) in [4.78, 5) is 26.3. The van der Waals surface area contributed by atoms with E-state index in [-0.39, 0.29) is 24.9 Å². The minimum Gasteiger partial charge on any atom is -0.462 e.